The summed E-state index contributed by atoms with van der Waals surface area (Å²) in [4.78, 5) is 14.7. The highest BCUT2D eigenvalue weighted by molar-refractivity contribution is 5.83. The zero-order valence-electron chi connectivity index (χ0n) is 12.6. The van der Waals surface area contributed by atoms with Crippen molar-refractivity contribution in [2.45, 2.75) is 44.2 Å². The van der Waals surface area contributed by atoms with Crippen molar-refractivity contribution in [2.24, 2.45) is 0 Å². The number of likely N-dealkylation sites (N-methyl/N-ethyl adjacent to an activating group) is 1. The molecule has 1 N–H and O–H groups in total. The van der Waals surface area contributed by atoms with Crippen LogP contribution in [0.25, 0.3) is 0 Å². The lowest BCUT2D eigenvalue weighted by molar-refractivity contribution is -0.135. The Morgan fingerprint density at radius 2 is 2.29 bits per heavy atom. The molecule has 2 atom stereocenters. The number of nitrogens with zero attached hydrogens (tertiary/aromatic N) is 1. The van der Waals surface area contributed by atoms with E-state index >= 15 is 0 Å². The molecule has 3 heterocycles. The third-order valence-electron chi connectivity index (χ3n) is 4.49. The molecule has 0 spiro atoms. The molecule has 5 heteroatoms. The maximum absolute atomic E-state index is 12.7. The number of carbonyl (C=O) groups excluding carboxylic acids is 1. The quantitative estimate of drug-likeness (QED) is 0.924. The second kappa shape index (κ2) is 6.62. The molecule has 0 bridgehead atoms. The first-order valence-corrected chi connectivity index (χ1v) is 7.93. The molecule has 2 aliphatic heterocycles. The molecule has 1 amide bonds. The normalized spacial score (nSPS) is 27.1. The van der Waals surface area contributed by atoms with Crippen LogP contribution in [0.15, 0.2) is 16.7 Å². The van der Waals surface area contributed by atoms with Crippen LogP contribution in [-0.4, -0.2) is 43.7 Å². The fourth-order valence-electron chi connectivity index (χ4n) is 3.28. The first-order valence-electron chi connectivity index (χ1n) is 7.93. The van der Waals surface area contributed by atoms with E-state index in [9.17, 15) is 4.79 Å². The summed E-state index contributed by atoms with van der Waals surface area (Å²) in [6.07, 6.45) is 7.32. The molecule has 1 aromatic rings. The molecule has 0 aromatic carbocycles. The number of hydrogen-bond acceptors (Lipinski definition) is 4. The predicted molar refractivity (Wildman–Crippen MR) is 79.0 cm³/mol. The van der Waals surface area contributed by atoms with E-state index in [4.69, 9.17) is 9.15 Å². The molecule has 1 aromatic heterocycles. The molecule has 21 heavy (non-hydrogen) atoms. The van der Waals surface area contributed by atoms with E-state index in [-0.39, 0.29) is 18.1 Å². The van der Waals surface area contributed by atoms with Gasteiger partial charge < -0.3 is 19.4 Å². The lowest BCUT2D eigenvalue weighted by Crippen LogP contribution is -2.43. The molecule has 2 aliphatic rings. The van der Waals surface area contributed by atoms with Gasteiger partial charge >= 0.3 is 0 Å². The molecule has 5 nitrogen and oxygen atoms in total. The third kappa shape index (κ3) is 3.14. The van der Waals surface area contributed by atoms with Gasteiger partial charge in [-0.3, -0.25) is 4.79 Å². The number of rotatable bonds is 3. The molecule has 116 valence electrons. The van der Waals surface area contributed by atoms with Crippen molar-refractivity contribution < 1.29 is 13.9 Å². The van der Waals surface area contributed by atoms with E-state index in [1.165, 1.54) is 12.8 Å². The SMILES string of the molecule is CNC1C(=O)N(CC2CCCCCO2)CCc2ccoc21. The predicted octanol–water partition coefficient (Wildman–Crippen LogP) is 1.88. The Kier molecular flexibility index (Phi) is 4.60. The molecule has 0 radical (unpaired) electrons. The van der Waals surface area contributed by atoms with Gasteiger partial charge in [0.15, 0.2) is 0 Å². The van der Waals surface area contributed by atoms with Gasteiger partial charge in [-0.05, 0) is 37.9 Å². The van der Waals surface area contributed by atoms with E-state index in [1.54, 1.807) is 13.3 Å². The average molecular weight is 292 g/mol. The minimum Gasteiger partial charge on any atom is -0.467 e. The molecular weight excluding hydrogens is 268 g/mol. The summed E-state index contributed by atoms with van der Waals surface area (Å²) >= 11 is 0. The molecular formula is C16H24N2O3. The number of carbonyl (C=O) groups is 1. The van der Waals surface area contributed by atoms with Crippen LogP contribution in [0, 0.1) is 0 Å². The monoisotopic (exact) mass is 292 g/mol. The largest absolute Gasteiger partial charge is 0.467 e. The van der Waals surface area contributed by atoms with Crippen molar-refractivity contribution >= 4 is 5.91 Å². The third-order valence-corrected chi connectivity index (χ3v) is 4.49. The molecule has 0 aliphatic carbocycles. The molecule has 1 saturated heterocycles. The van der Waals surface area contributed by atoms with Gasteiger partial charge in [0.25, 0.3) is 0 Å². The van der Waals surface area contributed by atoms with E-state index in [2.05, 4.69) is 5.32 Å². The van der Waals surface area contributed by atoms with Gasteiger partial charge in [0, 0.05) is 19.7 Å². The fourth-order valence-corrected chi connectivity index (χ4v) is 3.28. The van der Waals surface area contributed by atoms with Gasteiger partial charge in [-0.25, -0.2) is 0 Å². The maximum Gasteiger partial charge on any atom is 0.247 e. The lowest BCUT2D eigenvalue weighted by Gasteiger charge is -2.28. The molecule has 2 unspecified atom stereocenters. The Bertz CT molecular complexity index is 478. The van der Waals surface area contributed by atoms with Crippen LogP contribution < -0.4 is 5.32 Å². The van der Waals surface area contributed by atoms with Crippen LogP contribution in [0.3, 0.4) is 0 Å². The summed E-state index contributed by atoms with van der Waals surface area (Å²) in [6.45, 7) is 2.26. The Morgan fingerprint density at radius 3 is 3.14 bits per heavy atom. The Balaban J connectivity index is 1.71. The van der Waals surface area contributed by atoms with Crippen molar-refractivity contribution in [3.63, 3.8) is 0 Å². The van der Waals surface area contributed by atoms with E-state index < -0.39 is 0 Å². The molecule has 0 saturated carbocycles. The maximum atomic E-state index is 12.7. The highest BCUT2D eigenvalue weighted by atomic mass is 16.5. The smallest absolute Gasteiger partial charge is 0.247 e. The number of furan rings is 1. The number of hydrogen-bond donors (Lipinski definition) is 1. The van der Waals surface area contributed by atoms with Gasteiger partial charge in [-0.15, -0.1) is 0 Å². The average Bonchev–Trinajstić information content (AvgIpc) is 2.73. The summed E-state index contributed by atoms with van der Waals surface area (Å²) in [6, 6.07) is 1.60. The highest BCUT2D eigenvalue weighted by Crippen LogP contribution is 2.26. The van der Waals surface area contributed by atoms with Crippen molar-refractivity contribution in [1.29, 1.82) is 0 Å². The van der Waals surface area contributed by atoms with Gasteiger partial charge in [-0.1, -0.05) is 12.8 Å². The first-order chi connectivity index (χ1) is 10.3. The van der Waals surface area contributed by atoms with E-state index in [0.29, 0.717) is 6.54 Å². The standard InChI is InChI=1S/C16H24N2O3/c1-17-14-15-12(7-10-21-15)6-8-18(16(14)19)11-13-5-3-2-4-9-20-13/h7,10,13-14,17H,2-6,8-9,11H2,1H3. The van der Waals surface area contributed by atoms with E-state index in [1.807, 2.05) is 11.0 Å². The molecule has 1 fully saturated rings. The van der Waals surface area contributed by atoms with Crippen molar-refractivity contribution in [3.05, 3.63) is 23.7 Å². The van der Waals surface area contributed by atoms with Crippen LogP contribution in [-0.2, 0) is 16.0 Å². The second-order valence-corrected chi connectivity index (χ2v) is 5.91. The Morgan fingerprint density at radius 1 is 1.38 bits per heavy atom. The number of nitrogens with one attached hydrogen (secondary N) is 1. The minimum atomic E-state index is -0.372. The minimum absolute atomic E-state index is 0.0963. The zero-order chi connectivity index (χ0) is 14.7. The van der Waals surface area contributed by atoms with Crippen LogP contribution in [0.5, 0.6) is 0 Å². The van der Waals surface area contributed by atoms with Crippen LogP contribution in [0.4, 0.5) is 0 Å². The summed E-state index contributed by atoms with van der Waals surface area (Å²) in [7, 11) is 1.81. The van der Waals surface area contributed by atoms with Crippen molar-refractivity contribution in [2.75, 3.05) is 26.7 Å². The lowest BCUT2D eigenvalue weighted by atomic mass is 10.1. The second-order valence-electron chi connectivity index (χ2n) is 5.91. The van der Waals surface area contributed by atoms with Gasteiger partial charge in [0.1, 0.15) is 11.8 Å². The molecule has 3 rings (SSSR count). The Labute approximate surface area is 125 Å². The number of ether oxygens (including phenoxy) is 1. The van der Waals surface area contributed by atoms with Gasteiger partial charge in [0.2, 0.25) is 5.91 Å². The topological polar surface area (TPSA) is 54.7 Å². The van der Waals surface area contributed by atoms with Crippen molar-refractivity contribution in [3.8, 4) is 0 Å². The number of amides is 1. The summed E-state index contributed by atoms with van der Waals surface area (Å²) in [5, 5.41) is 3.09. The van der Waals surface area contributed by atoms with Crippen LogP contribution >= 0.6 is 0 Å². The van der Waals surface area contributed by atoms with Gasteiger partial charge in [-0.2, -0.15) is 0 Å². The van der Waals surface area contributed by atoms with Crippen molar-refractivity contribution in [1.82, 2.24) is 10.2 Å². The number of fused-ring (bicyclic) bond motifs is 1. The van der Waals surface area contributed by atoms with E-state index in [0.717, 1.165) is 43.7 Å². The summed E-state index contributed by atoms with van der Waals surface area (Å²) in [5.74, 6) is 0.867. The first kappa shape index (κ1) is 14.6. The van der Waals surface area contributed by atoms with Gasteiger partial charge in [0.05, 0.1) is 12.4 Å². The summed E-state index contributed by atoms with van der Waals surface area (Å²) in [5.41, 5.74) is 1.13. The van der Waals surface area contributed by atoms with Crippen LogP contribution in [0.2, 0.25) is 0 Å². The fraction of sp³-hybridized carbons (Fsp3) is 0.688. The summed E-state index contributed by atoms with van der Waals surface area (Å²) < 4.78 is 11.4. The Hall–Kier alpha value is -1.33. The zero-order valence-corrected chi connectivity index (χ0v) is 12.6. The highest BCUT2D eigenvalue weighted by Gasteiger charge is 2.33. The van der Waals surface area contributed by atoms with Crippen LogP contribution in [0.1, 0.15) is 43.0 Å².